The van der Waals surface area contributed by atoms with Crippen LogP contribution in [0.1, 0.15) is 5.76 Å². The lowest BCUT2D eigenvalue weighted by atomic mass is 10.0. The summed E-state index contributed by atoms with van der Waals surface area (Å²) in [4.78, 5) is 3.96. The summed E-state index contributed by atoms with van der Waals surface area (Å²) in [5.41, 5.74) is 14.3. The lowest BCUT2D eigenvalue weighted by Crippen LogP contribution is -1.96. The second-order valence-electron chi connectivity index (χ2n) is 4.32. The summed E-state index contributed by atoms with van der Waals surface area (Å²) in [6.07, 6.45) is 0. The highest BCUT2D eigenvalue weighted by Crippen LogP contribution is 2.28. The maximum atomic E-state index is 5.70. The summed E-state index contributed by atoms with van der Waals surface area (Å²) in [5.74, 6) is 1.75. The van der Waals surface area contributed by atoms with Gasteiger partial charge in [-0.3, -0.25) is 0 Å². The van der Waals surface area contributed by atoms with Crippen molar-refractivity contribution in [1.82, 2.24) is 4.98 Å². The van der Waals surface area contributed by atoms with Crippen LogP contribution in [0.25, 0.3) is 22.1 Å². The molecule has 0 amide bonds. The van der Waals surface area contributed by atoms with E-state index in [1.807, 2.05) is 37.3 Å². The summed E-state index contributed by atoms with van der Waals surface area (Å²) in [7, 11) is 0. The van der Waals surface area contributed by atoms with Crippen molar-refractivity contribution in [2.24, 2.45) is 0 Å². The molecule has 0 aliphatic rings. The Kier molecular flexibility index (Phi) is 2.23. The number of aromatic nitrogens is 1. The number of nitrogen functional groups attached to an aromatic ring is 2. The molecule has 4 heteroatoms. The van der Waals surface area contributed by atoms with Gasteiger partial charge in [0.15, 0.2) is 0 Å². The van der Waals surface area contributed by atoms with E-state index in [2.05, 4.69) is 11.1 Å². The quantitative estimate of drug-likeness (QED) is 0.684. The highest BCUT2D eigenvalue weighted by Gasteiger charge is 2.05. The van der Waals surface area contributed by atoms with Crippen LogP contribution < -0.4 is 11.5 Å². The summed E-state index contributed by atoms with van der Waals surface area (Å²) in [6.45, 7) is 1.93. The average Bonchev–Trinajstić information content (AvgIpc) is 2.66. The number of hydrogen-bond acceptors (Lipinski definition) is 4. The molecule has 4 N–H and O–H groups in total. The summed E-state index contributed by atoms with van der Waals surface area (Å²) in [6, 6.07) is 11.6. The van der Waals surface area contributed by atoms with Crippen LogP contribution in [0.3, 0.4) is 0 Å². The Morgan fingerprint density at radius 1 is 0.944 bits per heavy atom. The van der Waals surface area contributed by atoms with Crippen molar-refractivity contribution in [2.45, 2.75) is 6.92 Å². The van der Waals surface area contributed by atoms with Crippen LogP contribution in [0.15, 0.2) is 40.8 Å². The topological polar surface area (TPSA) is 78.1 Å². The molecule has 2 heterocycles. The van der Waals surface area contributed by atoms with Crippen LogP contribution in [-0.4, -0.2) is 4.98 Å². The van der Waals surface area contributed by atoms with E-state index >= 15 is 0 Å². The first kappa shape index (κ1) is 10.7. The zero-order valence-corrected chi connectivity index (χ0v) is 9.97. The average molecular weight is 239 g/mol. The van der Waals surface area contributed by atoms with Crippen molar-refractivity contribution in [2.75, 3.05) is 11.5 Å². The van der Waals surface area contributed by atoms with Gasteiger partial charge in [-0.25, -0.2) is 4.98 Å². The van der Waals surface area contributed by atoms with E-state index in [0.717, 1.165) is 27.9 Å². The summed E-state index contributed by atoms with van der Waals surface area (Å²) in [5, 5.41) is 1.07. The highest BCUT2D eigenvalue weighted by atomic mass is 16.3. The smallest absolute Gasteiger partial charge is 0.134 e. The second-order valence-corrected chi connectivity index (χ2v) is 4.32. The first-order chi connectivity index (χ1) is 8.61. The number of aryl methyl sites for hydroxylation is 1. The van der Waals surface area contributed by atoms with Gasteiger partial charge in [0.05, 0.1) is 0 Å². The fourth-order valence-electron chi connectivity index (χ4n) is 2.10. The predicted octanol–water partition coefficient (Wildman–Crippen LogP) is 2.97. The lowest BCUT2D eigenvalue weighted by molar-refractivity contribution is 0.578. The molecule has 0 radical (unpaired) electrons. The van der Waals surface area contributed by atoms with Crippen LogP contribution >= 0.6 is 0 Å². The molecule has 0 saturated heterocycles. The Hall–Kier alpha value is -2.49. The van der Waals surface area contributed by atoms with Gasteiger partial charge in [-0.1, -0.05) is 6.07 Å². The minimum atomic E-state index is 0.425. The van der Waals surface area contributed by atoms with Crippen molar-refractivity contribution in [3.63, 3.8) is 0 Å². The standard InChI is InChI=1S/C14H13N3O/c1-8-4-11-5-9(2-3-12(11)18-8)10-6-13(15)17-14(16)7-10/h2-7H,1H3,(H4,15,16,17). The third-order valence-corrected chi connectivity index (χ3v) is 2.84. The van der Waals surface area contributed by atoms with Crippen LogP contribution in [0, 0.1) is 6.92 Å². The molecule has 0 atom stereocenters. The Morgan fingerprint density at radius 2 is 1.67 bits per heavy atom. The van der Waals surface area contributed by atoms with E-state index in [1.165, 1.54) is 0 Å². The summed E-state index contributed by atoms with van der Waals surface area (Å²) >= 11 is 0. The van der Waals surface area contributed by atoms with E-state index < -0.39 is 0 Å². The van der Waals surface area contributed by atoms with E-state index in [4.69, 9.17) is 15.9 Å². The van der Waals surface area contributed by atoms with Crippen molar-refractivity contribution in [3.8, 4) is 11.1 Å². The fraction of sp³-hybridized carbons (Fsp3) is 0.0714. The van der Waals surface area contributed by atoms with Crippen LogP contribution in [0.4, 0.5) is 11.6 Å². The number of pyridine rings is 1. The molecule has 0 unspecified atom stereocenters. The molecular weight excluding hydrogens is 226 g/mol. The van der Waals surface area contributed by atoms with Gasteiger partial charge in [-0.15, -0.1) is 0 Å². The Labute approximate surface area is 104 Å². The molecule has 18 heavy (non-hydrogen) atoms. The Balaban J connectivity index is 2.18. The number of fused-ring (bicyclic) bond motifs is 1. The van der Waals surface area contributed by atoms with Crippen LogP contribution in [0.5, 0.6) is 0 Å². The van der Waals surface area contributed by atoms with E-state index in [0.29, 0.717) is 11.6 Å². The number of nitrogens with two attached hydrogens (primary N) is 2. The maximum absolute atomic E-state index is 5.70. The van der Waals surface area contributed by atoms with Gasteiger partial charge < -0.3 is 15.9 Å². The molecule has 0 saturated carbocycles. The molecule has 1 aromatic carbocycles. The number of nitrogens with zero attached hydrogens (tertiary/aromatic N) is 1. The zero-order chi connectivity index (χ0) is 12.7. The van der Waals surface area contributed by atoms with Gasteiger partial charge in [0.25, 0.3) is 0 Å². The minimum absolute atomic E-state index is 0.425. The van der Waals surface area contributed by atoms with Crippen molar-refractivity contribution >= 4 is 22.6 Å². The van der Waals surface area contributed by atoms with E-state index in [-0.39, 0.29) is 0 Å². The molecule has 0 bridgehead atoms. The molecule has 0 fully saturated rings. The van der Waals surface area contributed by atoms with Gasteiger partial charge >= 0.3 is 0 Å². The third kappa shape index (κ3) is 1.78. The van der Waals surface area contributed by atoms with Gasteiger partial charge in [-0.2, -0.15) is 0 Å². The summed E-state index contributed by atoms with van der Waals surface area (Å²) < 4.78 is 5.54. The Bertz CT molecular complexity index is 711. The molecule has 4 nitrogen and oxygen atoms in total. The number of furan rings is 1. The number of rotatable bonds is 1. The van der Waals surface area contributed by atoms with Crippen LogP contribution in [-0.2, 0) is 0 Å². The van der Waals surface area contributed by atoms with Gasteiger partial charge in [0.2, 0.25) is 0 Å². The molecule has 3 rings (SSSR count). The predicted molar refractivity (Wildman–Crippen MR) is 73.0 cm³/mol. The SMILES string of the molecule is Cc1cc2cc(-c3cc(N)nc(N)c3)ccc2o1. The van der Waals surface area contributed by atoms with E-state index in [9.17, 15) is 0 Å². The number of benzene rings is 1. The van der Waals surface area contributed by atoms with Crippen LogP contribution in [0.2, 0.25) is 0 Å². The van der Waals surface area contributed by atoms with Crippen molar-refractivity contribution < 1.29 is 4.42 Å². The van der Waals surface area contributed by atoms with E-state index in [1.54, 1.807) is 0 Å². The minimum Gasteiger partial charge on any atom is -0.461 e. The molecule has 90 valence electrons. The zero-order valence-electron chi connectivity index (χ0n) is 9.97. The highest BCUT2D eigenvalue weighted by molar-refractivity contribution is 5.84. The van der Waals surface area contributed by atoms with Gasteiger partial charge in [0.1, 0.15) is 23.0 Å². The second kappa shape index (κ2) is 3.77. The molecule has 3 aromatic rings. The molecule has 0 spiro atoms. The number of hydrogen-bond donors (Lipinski definition) is 2. The normalized spacial score (nSPS) is 10.9. The van der Waals surface area contributed by atoms with Crippen molar-refractivity contribution in [1.29, 1.82) is 0 Å². The van der Waals surface area contributed by atoms with Gasteiger partial charge in [-0.05, 0) is 48.4 Å². The number of anilines is 2. The largest absolute Gasteiger partial charge is 0.461 e. The third-order valence-electron chi connectivity index (χ3n) is 2.84. The monoisotopic (exact) mass is 239 g/mol. The fourth-order valence-corrected chi connectivity index (χ4v) is 2.10. The lowest BCUT2D eigenvalue weighted by Gasteiger charge is -2.04. The molecule has 0 aliphatic heterocycles. The van der Waals surface area contributed by atoms with Gasteiger partial charge in [0, 0.05) is 5.39 Å². The first-order valence-electron chi connectivity index (χ1n) is 5.65. The maximum Gasteiger partial charge on any atom is 0.134 e. The first-order valence-corrected chi connectivity index (χ1v) is 5.65. The van der Waals surface area contributed by atoms with Crippen molar-refractivity contribution in [3.05, 3.63) is 42.2 Å². The molecular formula is C14H13N3O. The Morgan fingerprint density at radius 3 is 2.39 bits per heavy atom. The molecule has 0 aliphatic carbocycles. The molecule has 2 aromatic heterocycles.